The van der Waals surface area contributed by atoms with Gasteiger partial charge in [0.05, 0.1) is 0 Å². The molecule has 2 nitrogen and oxygen atoms in total. The second-order valence-corrected chi connectivity index (χ2v) is 5.74. The van der Waals surface area contributed by atoms with E-state index in [-0.39, 0.29) is 0 Å². The lowest BCUT2D eigenvalue weighted by atomic mass is 9.86. The van der Waals surface area contributed by atoms with Gasteiger partial charge in [0.2, 0.25) is 0 Å². The van der Waals surface area contributed by atoms with E-state index in [0.29, 0.717) is 6.04 Å². The van der Waals surface area contributed by atoms with Crippen LogP contribution in [-0.2, 0) is 0 Å². The predicted molar refractivity (Wildman–Crippen MR) is 82.0 cm³/mol. The van der Waals surface area contributed by atoms with Crippen molar-refractivity contribution in [2.75, 3.05) is 5.32 Å². The van der Waals surface area contributed by atoms with Crippen LogP contribution in [0.1, 0.15) is 38.2 Å². The Morgan fingerprint density at radius 3 is 2.50 bits per heavy atom. The molecule has 1 fully saturated rings. The van der Waals surface area contributed by atoms with E-state index in [1.54, 1.807) is 0 Å². The molecule has 2 N–H and O–H groups in total. The molecule has 0 saturated heterocycles. The monoisotopic (exact) mass is 262 g/mol. The largest absolute Gasteiger partial charge is 0.359 e. The SMILES string of the molecule is Cc1ccc(NC(=S)N[C@@H]2CCCC[C@@H]2C)cc1. The van der Waals surface area contributed by atoms with Crippen LogP contribution in [0.15, 0.2) is 24.3 Å². The normalized spacial score (nSPS) is 23.4. The molecule has 1 aliphatic rings. The Labute approximate surface area is 115 Å². The van der Waals surface area contributed by atoms with Crippen molar-refractivity contribution in [2.45, 2.75) is 45.6 Å². The lowest BCUT2D eigenvalue weighted by Crippen LogP contribution is -2.43. The van der Waals surface area contributed by atoms with Crippen LogP contribution >= 0.6 is 12.2 Å². The Kier molecular flexibility index (Phi) is 4.59. The lowest BCUT2D eigenvalue weighted by Gasteiger charge is -2.30. The van der Waals surface area contributed by atoms with Crippen LogP contribution in [0.2, 0.25) is 0 Å². The molecule has 0 heterocycles. The number of thiocarbonyl (C=S) groups is 1. The molecule has 18 heavy (non-hydrogen) atoms. The van der Waals surface area contributed by atoms with E-state index in [9.17, 15) is 0 Å². The summed E-state index contributed by atoms with van der Waals surface area (Å²) < 4.78 is 0. The number of hydrogen-bond acceptors (Lipinski definition) is 1. The van der Waals surface area contributed by atoms with E-state index in [1.165, 1.54) is 31.2 Å². The van der Waals surface area contributed by atoms with Gasteiger partial charge in [-0.3, -0.25) is 0 Å². The average Bonchev–Trinajstić information content (AvgIpc) is 2.35. The first-order chi connectivity index (χ1) is 8.65. The van der Waals surface area contributed by atoms with E-state index in [1.807, 2.05) is 0 Å². The van der Waals surface area contributed by atoms with Crippen LogP contribution in [0.25, 0.3) is 0 Å². The number of rotatable bonds is 2. The third-order valence-electron chi connectivity index (χ3n) is 3.74. The van der Waals surface area contributed by atoms with Gasteiger partial charge in [-0.05, 0) is 50.0 Å². The van der Waals surface area contributed by atoms with Crippen molar-refractivity contribution in [1.29, 1.82) is 0 Å². The Morgan fingerprint density at radius 2 is 1.83 bits per heavy atom. The summed E-state index contributed by atoms with van der Waals surface area (Å²) in [6.45, 7) is 4.40. The van der Waals surface area contributed by atoms with Gasteiger partial charge in [-0.15, -0.1) is 0 Å². The molecule has 1 saturated carbocycles. The van der Waals surface area contributed by atoms with Gasteiger partial charge >= 0.3 is 0 Å². The Bertz CT molecular complexity index is 399. The highest BCUT2D eigenvalue weighted by molar-refractivity contribution is 7.80. The van der Waals surface area contributed by atoms with Crippen LogP contribution in [0.4, 0.5) is 5.69 Å². The standard InChI is InChI=1S/C15H22N2S/c1-11-7-9-13(10-8-11)16-15(18)17-14-6-4-3-5-12(14)2/h7-10,12,14H,3-6H2,1-2H3,(H2,16,17,18)/t12-,14+/m0/s1. The van der Waals surface area contributed by atoms with Gasteiger partial charge in [0, 0.05) is 11.7 Å². The summed E-state index contributed by atoms with van der Waals surface area (Å²) in [4.78, 5) is 0. The van der Waals surface area contributed by atoms with Crippen LogP contribution < -0.4 is 10.6 Å². The molecule has 2 rings (SSSR count). The van der Waals surface area contributed by atoms with Gasteiger partial charge < -0.3 is 10.6 Å². The second-order valence-electron chi connectivity index (χ2n) is 5.33. The van der Waals surface area contributed by atoms with Crippen molar-refractivity contribution < 1.29 is 0 Å². The van der Waals surface area contributed by atoms with Crippen molar-refractivity contribution in [3.63, 3.8) is 0 Å². The maximum absolute atomic E-state index is 5.38. The maximum Gasteiger partial charge on any atom is 0.171 e. The zero-order valence-electron chi connectivity index (χ0n) is 11.2. The fourth-order valence-electron chi connectivity index (χ4n) is 2.50. The molecule has 1 aliphatic carbocycles. The molecule has 1 aromatic carbocycles. The molecule has 1 aromatic rings. The van der Waals surface area contributed by atoms with E-state index >= 15 is 0 Å². The fourth-order valence-corrected chi connectivity index (χ4v) is 2.77. The first kappa shape index (κ1) is 13.3. The number of benzene rings is 1. The molecular weight excluding hydrogens is 240 g/mol. The van der Waals surface area contributed by atoms with E-state index in [2.05, 4.69) is 48.7 Å². The molecule has 2 atom stereocenters. The molecule has 3 heteroatoms. The molecule has 0 bridgehead atoms. The van der Waals surface area contributed by atoms with Crippen molar-refractivity contribution in [2.24, 2.45) is 5.92 Å². The highest BCUT2D eigenvalue weighted by atomic mass is 32.1. The van der Waals surface area contributed by atoms with Gasteiger partial charge in [-0.2, -0.15) is 0 Å². The molecule has 0 unspecified atom stereocenters. The molecule has 0 spiro atoms. The second kappa shape index (κ2) is 6.19. The van der Waals surface area contributed by atoms with Crippen LogP contribution in [-0.4, -0.2) is 11.2 Å². The van der Waals surface area contributed by atoms with Gasteiger partial charge in [-0.1, -0.05) is 37.5 Å². The molecule has 98 valence electrons. The van der Waals surface area contributed by atoms with Crippen LogP contribution in [0.3, 0.4) is 0 Å². The summed E-state index contributed by atoms with van der Waals surface area (Å²) >= 11 is 5.38. The van der Waals surface area contributed by atoms with Gasteiger partial charge in [0.25, 0.3) is 0 Å². The van der Waals surface area contributed by atoms with Crippen LogP contribution in [0, 0.1) is 12.8 Å². The van der Waals surface area contributed by atoms with Crippen molar-refractivity contribution >= 4 is 23.0 Å². The van der Waals surface area contributed by atoms with E-state index in [4.69, 9.17) is 12.2 Å². The minimum absolute atomic E-state index is 0.532. The molecular formula is C15H22N2S. The number of anilines is 1. The number of hydrogen-bond donors (Lipinski definition) is 2. The fraction of sp³-hybridized carbons (Fsp3) is 0.533. The highest BCUT2D eigenvalue weighted by Gasteiger charge is 2.21. The Morgan fingerprint density at radius 1 is 1.17 bits per heavy atom. The molecule has 0 aromatic heterocycles. The van der Waals surface area contributed by atoms with Crippen molar-refractivity contribution in [3.05, 3.63) is 29.8 Å². The van der Waals surface area contributed by atoms with E-state index < -0.39 is 0 Å². The third kappa shape index (κ3) is 3.70. The van der Waals surface area contributed by atoms with E-state index in [0.717, 1.165) is 16.7 Å². The zero-order chi connectivity index (χ0) is 13.0. The summed E-state index contributed by atoms with van der Waals surface area (Å²) in [6.07, 6.45) is 5.22. The zero-order valence-corrected chi connectivity index (χ0v) is 12.0. The minimum Gasteiger partial charge on any atom is -0.359 e. The Hall–Kier alpha value is -1.09. The van der Waals surface area contributed by atoms with Gasteiger partial charge in [-0.25, -0.2) is 0 Å². The maximum atomic E-state index is 5.38. The smallest absolute Gasteiger partial charge is 0.171 e. The van der Waals surface area contributed by atoms with Gasteiger partial charge in [0.1, 0.15) is 0 Å². The average molecular weight is 262 g/mol. The quantitative estimate of drug-likeness (QED) is 0.791. The molecule has 0 amide bonds. The Balaban J connectivity index is 1.86. The predicted octanol–water partition coefficient (Wildman–Crippen LogP) is 3.86. The topological polar surface area (TPSA) is 24.1 Å². The first-order valence-electron chi connectivity index (χ1n) is 6.79. The minimum atomic E-state index is 0.532. The van der Waals surface area contributed by atoms with Crippen molar-refractivity contribution in [3.8, 4) is 0 Å². The van der Waals surface area contributed by atoms with Crippen LogP contribution in [0.5, 0.6) is 0 Å². The van der Waals surface area contributed by atoms with Crippen molar-refractivity contribution in [1.82, 2.24) is 5.32 Å². The summed E-state index contributed by atoms with van der Waals surface area (Å²) in [5.74, 6) is 0.719. The first-order valence-corrected chi connectivity index (χ1v) is 7.20. The summed E-state index contributed by atoms with van der Waals surface area (Å²) in [6, 6.07) is 8.84. The number of nitrogens with one attached hydrogen (secondary N) is 2. The highest BCUT2D eigenvalue weighted by Crippen LogP contribution is 2.23. The molecule has 0 radical (unpaired) electrons. The number of aryl methyl sites for hydroxylation is 1. The summed E-state index contributed by atoms with van der Waals surface area (Å²) in [7, 11) is 0. The summed E-state index contributed by atoms with van der Waals surface area (Å²) in [5, 5.41) is 7.46. The third-order valence-corrected chi connectivity index (χ3v) is 3.96. The summed E-state index contributed by atoms with van der Waals surface area (Å²) in [5.41, 5.74) is 2.32. The molecule has 0 aliphatic heterocycles. The van der Waals surface area contributed by atoms with Gasteiger partial charge in [0.15, 0.2) is 5.11 Å². The lowest BCUT2D eigenvalue weighted by molar-refractivity contribution is 0.309.